The molecule has 0 saturated heterocycles. The summed E-state index contributed by atoms with van der Waals surface area (Å²) in [6.07, 6.45) is 4.67. The molecule has 0 fully saturated rings. The van der Waals surface area contributed by atoms with Crippen molar-refractivity contribution in [2.45, 2.75) is 13.0 Å². The summed E-state index contributed by atoms with van der Waals surface area (Å²) >= 11 is 0. The molecule has 0 aliphatic rings. The molecule has 0 spiro atoms. The summed E-state index contributed by atoms with van der Waals surface area (Å²) in [4.78, 5) is 4.07. The number of benzene rings is 1. The monoisotopic (exact) mass is 242 g/mol. The molecule has 3 heteroatoms. The lowest BCUT2D eigenvalue weighted by Gasteiger charge is -2.07. The van der Waals surface area contributed by atoms with E-state index >= 15 is 0 Å². The van der Waals surface area contributed by atoms with E-state index in [1.54, 1.807) is 6.20 Å². The van der Waals surface area contributed by atoms with Crippen molar-refractivity contribution in [1.29, 1.82) is 0 Å². The fourth-order valence-corrected chi connectivity index (χ4v) is 1.64. The molecule has 1 aromatic heterocycles. The highest BCUT2D eigenvalue weighted by Crippen LogP contribution is 2.08. The Hall–Kier alpha value is -1.87. The van der Waals surface area contributed by atoms with Crippen LogP contribution in [0.5, 0.6) is 5.75 Å². The molecule has 0 amide bonds. The third-order valence-electron chi connectivity index (χ3n) is 2.56. The van der Waals surface area contributed by atoms with E-state index in [4.69, 9.17) is 4.74 Å². The fraction of sp³-hybridized carbons (Fsp3) is 0.267. The largest absolute Gasteiger partial charge is 0.494 e. The number of para-hydroxylation sites is 1. The molecule has 1 aromatic carbocycles. The maximum atomic E-state index is 5.61. The van der Waals surface area contributed by atoms with Crippen LogP contribution >= 0.6 is 0 Å². The van der Waals surface area contributed by atoms with E-state index in [1.807, 2.05) is 42.6 Å². The van der Waals surface area contributed by atoms with Crippen LogP contribution in [-0.2, 0) is 6.54 Å². The van der Waals surface area contributed by atoms with Crippen molar-refractivity contribution in [3.63, 3.8) is 0 Å². The summed E-state index contributed by atoms with van der Waals surface area (Å²) in [6.45, 7) is 2.55. The van der Waals surface area contributed by atoms with Gasteiger partial charge in [0.25, 0.3) is 0 Å². The van der Waals surface area contributed by atoms with Crippen LogP contribution in [0.2, 0.25) is 0 Å². The van der Waals surface area contributed by atoms with Gasteiger partial charge in [-0.05, 0) is 36.7 Å². The summed E-state index contributed by atoms with van der Waals surface area (Å²) in [5.41, 5.74) is 1.21. The highest BCUT2D eigenvalue weighted by atomic mass is 16.5. The first-order valence-electron chi connectivity index (χ1n) is 6.22. The van der Waals surface area contributed by atoms with Gasteiger partial charge in [-0.1, -0.05) is 24.3 Å². The predicted octanol–water partition coefficient (Wildman–Crippen LogP) is 2.64. The first kappa shape index (κ1) is 12.6. The van der Waals surface area contributed by atoms with Gasteiger partial charge in [0.15, 0.2) is 0 Å². The van der Waals surface area contributed by atoms with E-state index in [9.17, 15) is 0 Å². The third-order valence-corrected chi connectivity index (χ3v) is 2.56. The molecule has 0 saturated carbocycles. The molecule has 0 bridgehead atoms. The number of nitrogens with zero attached hydrogens (tertiary/aromatic N) is 1. The van der Waals surface area contributed by atoms with E-state index < -0.39 is 0 Å². The molecular formula is C15H18N2O. The van der Waals surface area contributed by atoms with Crippen molar-refractivity contribution in [3.05, 3.63) is 60.4 Å². The zero-order chi connectivity index (χ0) is 12.5. The number of pyridine rings is 1. The number of hydrogen-bond donors (Lipinski definition) is 1. The summed E-state index contributed by atoms with van der Waals surface area (Å²) < 4.78 is 5.61. The molecule has 1 N–H and O–H groups in total. The summed E-state index contributed by atoms with van der Waals surface area (Å²) in [7, 11) is 0. The highest BCUT2D eigenvalue weighted by molar-refractivity contribution is 5.20. The molecule has 1 heterocycles. The average molecular weight is 242 g/mol. The van der Waals surface area contributed by atoms with Crippen LogP contribution in [0.25, 0.3) is 0 Å². The molecule has 0 unspecified atom stereocenters. The second-order valence-corrected chi connectivity index (χ2v) is 4.05. The molecule has 0 aliphatic heterocycles. The van der Waals surface area contributed by atoms with Gasteiger partial charge in [-0.3, -0.25) is 4.98 Å². The zero-order valence-electron chi connectivity index (χ0n) is 10.4. The molecule has 0 aliphatic carbocycles. The quantitative estimate of drug-likeness (QED) is 0.758. The Morgan fingerprint density at radius 2 is 1.94 bits per heavy atom. The van der Waals surface area contributed by atoms with E-state index in [2.05, 4.69) is 16.4 Å². The summed E-state index contributed by atoms with van der Waals surface area (Å²) in [6, 6.07) is 13.9. The van der Waals surface area contributed by atoms with Crippen LogP contribution in [0, 0.1) is 0 Å². The topological polar surface area (TPSA) is 34.1 Å². The van der Waals surface area contributed by atoms with Crippen molar-refractivity contribution < 1.29 is 4.74 Å². The van der Waals surface area contributed by atoms with Crippen LogP contribution < -0.4 is 10.1 Å². The minimum absolute atomic E-state index is 0.740. The Labute approximate surface area is 108 Å². The second kappa shape index (κ2) is 7.45. The highest BCUT2D eigenvalue weighted by Gasteiger charge is 1.93. The molecular weight excluding hydrogens is 224 g/mol. The predicted molar refractivity (Wildman–Crippen MR) is 72.5 cm³/mol. The first-order chi connectivity index (χ1) is 8.95. The molecule has 2 aromatic rings. The zero-order valence-corrected chi connectivity index (χ0v) is 10.4. The van der Waals surface area contributed by atoms with Gasteiger partial charge < -0.3 is 10.1 Å². The molecule has 18 heavy (non-hydrogen) atoms. The van der Waals surface area contributed by atoms with Crippen molar-refractivity contribution in [1.82, 2.24) is 10.3 Å². The lowest BCUT2D eigenvalue weighted by Crippen LogP contribution is -2.17. The lowest BCUT2D eigenvalue weighted by molar-refractivity contribution is 0.308. The van der Waals surface area contributed by atoms with Crippen molar-refractivity contribution in [2.75, 3.05) is 13.2 Å². The lowest BCUT2D eigenvalue weighted by atomic mass is 10.3. The van der Waals surface area contributed by atoms with Gasteiger partial charge in [0, 0.05) is 18.9 Å². The maximum absolute atomic E-state index is 5.61. The summed E-state index contributed by atoms with van der Waals surface area (Å²) in [5, 5.41) is 3.37. The summed E-state index contributed by atoms with van der Waals surface area (Å²) in [5.74, 6) is 0.935. The van der Waals surface area contributed by atoms with E-state index in [0.717, 1.165) is 31.9 Å². The average Bonchev–Trinajstić information content (AvgIpc) is 2.45. The van der Waals surface area contributed by atoms with Crippen molar-refractivity contribution in [3.8, 4) is 5.75 Å². The van der Waals surface area contributed by atoms with Crippen molar-refractivity contribution >= 4 is 0 Å². The van der Waals surface area contributed by atoms with Gasteiger partial charge in [0.2, 0.25) is 0 Å². The molecule has 2 rings (SSSR count). The fourth-order valence-electron chi connectivity index (χ4n) is 1.64. The van der Waals surface area contributed by atoms with Gasteiger partial charge in [-0.2, -0.15) is 0 Å². The number of rotatable bonds is 7. The van der Waals surface area contributed by atoms with Gasteiger partial charge in [0.05, 0.1) is 6.61 Å². The van der Waals surface area contributed by atoms with Crippen LogP contribution in [0.4, 0.5) is 0 Å². The minimum atomic E-state index is 0.740. The van der Waals surface area contributed by atoms with E-state index in [-0.39, 0.29) is 0 Å². The van der Waals surface area contributed by atoms with Crippen molar-refractivity contribution in [2.24, 2.45) is 0 Å². The van der Waals surface area contributed by atoms with Crippen LogP contribution in [-0.4, -0.2) is 18.1 Å². The molecule has 0 atom stereocenters. The smallest absolute Gasteiger partial charge is 0.119 e. The third kappa shape index (κ3) is 4.55. The molecule has 3 nitrogen and oxygen atoms in total. The standard InChI is InChI=1S/C15H18N2O/c1-2-7-15(8-3-1)18-11-5-10-17-13-14-6-4-9-16-12-14/h1-4,6-9,12,17H,5,10-11,13H2. The van der Waals surface area contributed by atoms with Gasteiger partial charge in [-0.15, -0.1) is 0 Å². The van der Waals surface area contributed by atoms with E-state index in [0.29, 0.717) is 0 Å². The Kier molecular flexibility index (Phi) is 5.21. The van der Waals surface area contributed by atoms with Gasteiger partial charge in [0.1, 0.15) is 5.75 Å². The number of aromatic nitrogens is 1. The second-order valence-electron chi connectivity index (χ2n) is 4.05. The number of nitrogens with one attached hydrogen (secondary N) is 1. The Morgan fingerprint density at radius 1 is 1.06 bits per heavy atom. The van der Waals surface area contributed by atoms with Crippen LogP contribution in [0.1, 0.15) is 12.0 Å². The Morgan fingerprint density at radius 3 is 2.72 bits per heavy atom. The maximum Gasteiger partial charge on any atom is 0.119 e. The van der Waals surface area contributed by atoms with E-state index in [1.165, 1.54) is 5.56 Å². The van der Waals surface area contributed by atoms with Gasteiger partial charge >= 0.3 is 0 Å². The number of hydrogen-bond acceptors (Lipinski definition) is 3. The number of ether oxygens (including phenoxy) is 1. The van der Waals surface area contributed by atoms with Crippen LogP contribution in [0.3, 0.4) is 0 Å². The van der Waals surface area contributed by atoms with Crippen LogP contribution in [0.15, 0.2) is 54.9 Å². The Balaban J connectivity index is 1.54. The Bertz CT molecular complexity index is 387. The first-order valence-corrected chi connectivity index (χ1v) is 6.22. The van der Waals surface area contributed by atoms with Gasteiger partial charge in [-0.25, -0.2) is 0 Å². The molecule has 0 radical (unpaired) electrons. The normalized spacial score (nSPS) is 10.2. The minimum Gasteiger partial charge on any atom is -0.494 e. The molecule has 94 valence electrons. The SMILES string of the molecule is c1ccc(OCCCNCc2cccnc2)cc1.